The predicted molar refractivity (Wildman–Crippen MR) is 78.3 cm³/mol. The maximum absolute atomic E-state index is 6.35. The van der Waals surface area contributed by atoms with E-state index in [1.165, 1.54) is 0 Å². The second kappa shape index (κ2) is 5.52. The molecule has 1 aromatic carbocycles. The Kier molecular flexibility index (Phi) is 3.74. The van der Waals surface area contributed by atoms with Gasteiger partial charge in [0, 0.05) is 24.2 Å². The highest BCUT2D eigenvalue weighted by Crippen LogP contribution is 2.31. The standard InChI is InChI=1S/C14H18ClN5/c1-10(16)14(11-4-2-3-5-12(11)15)19-6-7-20-9-17-18-13(20)8-19/h2-5,9-10,14H,6-8,16H2,1H3. The summed E-state index contributed by atoms with van der Waals surface area (Å²) in [6, 6.07) is 7.99. The number of nitrogens with two attached hydrogens (primary N) is 1. The van der Waals surface area contributed by atoms with Gasteiger partial charge < -0.3 is 10.3 Å². The topological polar surface area (TPSA) is 60.0 Å². The lowest BCUT2D eigenvalue weighted by Crippen LogP contribution is -2.43. The minimum Gasteiger partial charge on any atom is -0.326 e. The number of rotatable bonds is 3. The van der Waals surface area contributed by atoms with E-state index >= 15 is 0 Å². The molecule has 0 saturated carbocycles. The molecule has 2 unspecified atom stereocenters. The van der Waals surface area contributed by atoms with Crippen LogP contribution in [0.4, 0.5) is 0 Å². The van der Waals surface area contributed by atoms with Crippen molar-refractivity contribution >= 4 is 11.6 Å². The highest BCUT2D eigenvalue weighted by Gasteiger charge is 2.29. The smallest absolute Gasteiger partial charge is 0.147 e. The molecule has 1 aromatic heterocycles. The molecule has 0 radical (unpaired) electrons. The van der Waals surface area contributed by atoms with Gasteiger partial charge in [-0.2, -0.15) is 0 Å². The molecule has 0 fully saturated rings. The zero-order valence-corrected chi connectivity index (χ0v) is 12.2. The Morgan fingerprint density at radius 2 is 2.10 bits per heavy atom. The highest BCUT2D eigenvalue weighted by atomic mass is 35.5. The summed E-state index contributed by atoms with van der Waals surface area (Å²) in [6.07, 6.45) is 1.78. The minimum absolute atomic E-state index is 0.00984. The van der Waals surface area contributed by atoms with Crippen molar-refractivity contribution in [3.63, 3.8) is 0 Å². The van der Waals surface area contributed by atoms with Crippen LogP contribution in [0.15, 0.2) is 30.6 Å². The van der Waals surface area contributed by atoms with Gasteiger partial charge in [0.1, 0.15) is 12.2 Å². The van der Waals surface area contributed by atoms with Crippen LogP contribution in [0, 0.1) is 0 Å². The van der Waals surface area contributed by atoms with Crippen molar-refractivity contribution in [2.45, 2.75) is 32.1 Å². The summed E-state index contributed by atoms with van der Waals surface area (Å²) in [4.78, 5) is 2.33. The fourth-order valence-electron chi connectivity index (χ4n) is 2.85. The van der Waals surface area contributed by atoms with Gasteiger partial charge in [0.25, 0.3) is 0 Å². The normalized spacial score (nSPS) is 18.6. The first-order valence-corrected chi connectivity index (χ1v) is 7.15. The van der Waals surface area contributed by atoms with Crippen LogP contribution in [0.25, 0.3) is 0 Å². The monoisotopic (exact) mass is 291 g/mol. The van der Waals surface area contributed by atoms with Gasteiger partial charge in [-0.1, -0.05) is 29.8 Å². The summed E-state index contributed by atoms with van der Waals surface area (Å²) in [7, 11) is 0. The van der Waals surface area contributed by atoms with E-state index in [1.54, 1.807) is 6.33 Å². The lowest BCUT2D eigenvalue weighted by Gasteiger charge is -2.37. The molecule has 5 nitrogen and oxygen atoms in total. The van der Waals surface area contributed by atoms with Gasteiger partial charge >= 0.3 is 0 Å². The molecule has 0 bridgehead atoms. The van der Waals surface area contributed by atoms with Crippen LogP contribution in [0.2, 0.25) is 5.02 Å². The zero-order valence-electron chi connectivity index (χ0n) is 11.4. The van der Waals surface area contributed by atoms with Crippen molar-refractivity contribution in [3.05, 3.63) is 47.0 Å². The molecule has 2 aromatic rings. The first-order chi connectivity index (χ1) is 9.66. The molecule has 20 heavy (non-hydrogen) atoms. The molecule has 0 spiro atoms. The molecule has 1 aliphatic rings. The van der Waals surface area contributed by atoms with Crippen LogP contribution < -0.4 is 5.73 Å². The third-order valence-corrected chi connectivity index (χ3v) is 4.13. The molecule has 0 amide bonds. The van der Waals surface area contributed by atoms with Gasteiger partial charge in [0.2, 0.25) is 0 Å². The van der Waals surface area contributed by atoms with Crippen LogP contribution in [0.1, 0.15) is 24.4 Å². The second-order valence-electron chi connectivity index (χ2n) is 5.24. The molecule has 2 atom stereocenters. The molecular weight excluding hydrogens is 274 g/mol. The first kappa shape index (κ1) is 13.5. The summed E-state index contributed by atoms with van der Waals surface area (Å²) < 4.78 is 2.08. The number of benzene rings is 1. The van der Waals surface area contributed by atoms with Crippen LogP contribution >= 0.6 is 11.6 Å². The first-order valence-electron chi connectivity index (χ1n) is 6.77. The summed E-state index contributed by atoms with van der Waals surface area (Å²) >= 11 is 6.35. The average Bonchev–Trinajstić information content (AvgIpc) is 2.88. The maximum Gasteiger partial charge on any atom is 0.147 e. The Morgan fingerprint density at radius 1 is 1.30 bits per heavy atom. The molecular formula is C14H18ClN5. The van der Waals surface area contributed by atoms with Gasteiger partial charge in [-0.15, -0.1) is 10.2 Å². The van der Waals surface area contributed by atoms with Crippen molar-refractivity contribution < 1.29 is 0 Å². The Labute approximate surface area is 123 Å². The summed E-state index contributed by atoms with van der Waals surface area (Å²) in [5.41, 5.74) is 7.30. The van der Waals surface area contributed by atoms with Gasteiger partial charge in [-0.05, 0) is 18.6 Å². The van der Waals surface area contributed by atoms with Crippen LogP contribution in [-0.2, 0) is 13.1 Å². The Hall–Kier alpha value is -1.43. The van der Waals surface area contributed by atoms with Gasteiger partial charge in [0.05, 0.1) is 12.6 Å². The number of halogens is 1. The average molecular weight is 292 g/mol. The van der Waals surface area contributed by atoms with E-state index in [0.29, 0.717) is 0 Å². The SMILES string of the molecule is CC(N)C(c1ccccc1Cl)N1CCn2cnnc2C1. The second-order valence-corrected chi connectivity index (χ2v) is 5.64. The van der Waals surface area contributed by atoms with Crippen LogP contribution in [-0.4, -0.2) is 32.3 Å². The third-order valence-electron chi connectivity index (χ3n) is 3.78. The molecule has 3 rings (SSSR count). The van der Waals surface area contributed by atoms with E-state index in [0.717, 1.165) is 36.0 Å². The Morgan fingerprint density at radius 3 is 2.85 bits per heavy atom. The van der Waals surface area contributed by atoms with Crippen molar-refractivity contribution in [2.24, 2.45) is 5.73 Å². The quantitative estimate of drug-likeness (QED) is 0.937. The fraction of sp³-hybridized carbons (Fsp3) is 0.429. The maximum atomic E-state index is 6.35. The molecule has 106 valence electrons. The number of hydrogen-bond acceptors (Lipinski definition) is 4. The van der Waals surface area contributed by atoms with E-state index in [1.807, 2.05) is 25.1 Å². The van der Waals surface area contributed by atoms with E-state index in [2.05, 4.69) is 25.7 Å². The summed E-state index contributed by atoms with van der Waals surface area (Å²) in [6.45, 7) is 4.57. The van der Waals surface area contributed by atoms with E-state index in [9.17, 15) is 0 Å². The van der Waals surface area contributed by atoms with Gasteiger partial charge in [0.15, 0.2) is 0 Å². The fourth-order valence-corrected chi connectivity index (χ4v) is 3.10. The number of fused-ring (bicyclic) bond motifs is 1. The summed E-state index contributed by atoms with van der Waals surface area (Å²) in [5, 5.41) is 8.89. The molecule has 0 saturated heterocycles. The van der Waals surface area contributed by atoms with Crippen molar-refractivity contribution in [1.82, 2.24) is 19.7 Å². The van der Waals surface area contributed by atoms with Crippen LogP contribution in [0.3, 0.4) is 0 Å². The van der Waals surface area contributed by atoms with Gasteiger partial charge in [-0.3, -0.25) is 4.90 Å². The van der Waals surface area contributed by atoms with E-state index in [4.69, 9.17) is 17.3 Å². The minimum atomic E-state index is -0.00984. The predicted octanol–water partition coefficient (Wildman–Crippen LogP) is 1.84. The molecule has 2 N–H and O–H groups in total. The molecule has 1 aliphatic heterocycles. The van der Waals surface area contributed by atoms with Crippen LogP contribution in [0.5, 0.6) is 0 Å². The Balaban J connectivity index is 1.91. The largest absolute Gasteiger partial charge is 0.326 e. The Bertz CT molecular complexity index is 595. The number of aromatic nitrogens is 3. The molecule has 6 heteroatoms. The van der Waals surface area contributed by atoms with Gasteiger partial charge in [-0.25, -0.2) is 0 Å². The third kappa shape index (κ3) is 2.44. The van der Waals surface area contributed by atoms with E-state index in [-0.39, 0.29) is 12.1 Å². The van der Waals surface area contributed by atoms with Crippen molar-refractivity contribution in [3.8, 4) is 0 Å². The lowest BCUT2D eigenvalue weighted by molar-refractivity contribution is 0.136. The number of hydrogen-bond donors (Lipinski definition) is 1. The molecule has 0 aliphatic carbocycles. The zero-order chi connectivity index (χ0) is 14.1. The molecule has 2 heterocycles. The highest BCUT2D eigenvalue weighted by molar-refractivity contribution is 6.31. The van der Waals surface area contributed by atoms with E-state index < -0.39 is 0 Å². The number of nitrogens with zero attached hydrogens (tertiary/aromatic N) is 4. The van der Waals surface area contributed by atoms with Crippen molar-refractivity contribution in [1.29, 1.82) is 0 Å². The van der Waals surface area contributed by atoms with Crippen molar-refractivity contribution in [2.75, 3.05) is 6.54 Å². The summed E-state index contributed by atoms with van der Waals surface area (Å²) in [5.74, 6) is 0.981. The lowest BCUT2D eigenvalue weighted by atomic mass is 9.98.